The summed E-state index contributed by atoms with van der Waals surface area (Å²) in [5.74, 6) is 0. The number of rotatable bonds is 4. The summed E-state index contributed by atoms with van der Waals surface area (Å²) in [4.78, 5) is 9.90. The van der Waals surface area contributed by atoms with Crippen LogP contribution in [0.2, 0.25) is 0 Å². The molecular weight excluding hydrogens is 288 g/mol. The molecule has 0 saturated carbocycles. The fourth-order valence-electron chi connectivity index (χ4n) is 1.99. The maximum absolute atomic E-state index is 12.5. The average Bonchev–Trinajstić information content (AvgIpc) is 2.47. The summed E-state index contributed by atoms with van der Waals surface area (Å²) in [6.45, 7) is 0.0692. The number of morpholine rings is 1. The van der Waals surface area contributed by atoms with Gasteiger partial charge in [0.2, 0.25) is 10.0 Å². The van der Waals surface area contributed by atoms with E-state index in [9.17, 15) is 23.6 Å². The topological polar surface area (TPSA) is 110 Å². The molecule has 1 aliphatic heterocycles. The molecule has 0 spiro atoms. The first kappa shape index (κ1) is 14.9. The van der Waals surface area contributed by atoms with Crippen molar-refractivity contribution < 1.29 is 23.2 Å². The number of aliphatic hydroxyl groups is 1. The molecule has 1 aliphatic rings. The summed E-state index contributed by atoms with van der Waals surface area (Å²) in [6.07, 6.45) is 0. The third-order valence-electron chi connectivity index (χ3n) is 3.02. The summed E-state index contributed by atoms with van der Waals surface area (Å²) >= 11 is 0. The van der Waals surface area contributed by atoms with Gasteiger partial charge in [0.15, 0.2) is 0 Å². The highest BCUT2D eigenvalue weighted by atomic mass is 32.2. The summed E-state index contributed by atoms with van der Waals surface area (Å²) < 4.78 is 31.2. The third-order valence-corrected chi connectivity index (χ3v) is 4.97. The monoisotopic (exact) mass is 302 g/mol. The van der Waals surface area contributed by atoms with E-state index >= 15 is 0 Å². The van der Waals surface area contributed by atoms with Crippen LogP contribution in [0.3, 0.4) is 0 Å². The average molecular weight is 302 g/mol. The quantitative estimate of drug-likeness (QED) is 0.618. The number of nitro benzene ring substituents is 1. The molecule has 110 valence electrons. The van der Waals surface area contributed by atoms with Crippen molar-refractivity contribution in [1.82, 2.24) is 4.31 Å². The van der Waals surface area contributed by atoms with Crippen molar-refractivity contribution in [2.75, 3.05) is 26.4 Å². The van der Waals surface area contributed by atoms with E-state index in [1.54, 1.807) is 0 Å². The van der Waals surface area contributed by atoms with Crippen molar-refractivity contribution in [3.63, 3.8) is 0 Å². The Balaban J connectivity index is 2.38. The van der Waals surface area contributed by atoms with Crippen molar-refractivity contribution in [2.24, 2.45) is 0 Å². The Labute approximate surface area is 115 Å². The molecule has 0 amide bonds. The van der Waals surface area contributed by atoms with Gasteiger partial charge in [-0.15, -0.1) is 0 Å². The van der Waals surface area contributed by atoms with Crippen LogP contribution < -0.4 is 0 Å². The van der Waals surface area contributed by atoms with E-state index in [4.69, 9.17) is 4.74 Å². The van der Waals surface area contributed by atoms with Gasteiger partial charge in [-0.05, 0) is 6.07 Å². The predicted octanol–water partition coefficient (Wildman–Crippen LogP) is -0.0234. The highest BCUT2D eigenvalue weighted by molar-refractivity contribution is 7.89. The van der Waals surface area contributed by atoms with Gasteiger partial charge in [-0.2, -0.15) is 4.31 Å². The lowest BCUT2D eigenvalue weighted by Crippen LogP contribution is -2.50. The zero-order valence-electron chi connectivity index (χ0n) is 10.5. The van der Waals surface area contributed by atoms with Gasteiger partial charge in [-0.3, -0.25) is 10.1 Å². The molecule has 8 nitrogen and oxygen atoms in total. The number of ether oxygens (including phenoxy) is 1. The van der Waals surface area contributed by atoms with E-state index in [0.717, 1.165) is 10.4 Å². The number of nitrogens with zero attached hydrogens (tertiary/aromatic N) is 2. The lowest BCUT2D eigenvalue weighted by atomic mass is 10.3. The maximum atomic E-state index is 12.5. The number of benzene rings is 1. The highest BCUT2D eigenvalue weighted by Gasteiger charge is 2.34. The first-order chi connectivity index (χ1) is 9.46. The fourth-order valence-corrected chi connectivity index (χ4v) is 3.62. The van der Waals surface area contributed by atoms with E-state index in [0.29, 0.717) is 0 Å². The Morgan fingerprint density at radius 3 is 2.90 bits per heavy atom. The Hall–Kier alpha value is -1.55. The minimum atomic E-state index is -3.89. The summed E-state index contributed by atoms with van der Waals surface area (Å²) in [7, 11) is -3.89. The second-order valence-corrected chi connectivity index (χ2v) is 6.17. The predicted molar refractivity (Wildman–Crippen MR) is 68.7 cm³/mol. The second kappa shape index (κ2) is 5.83. The molecule has 2 rings (SSSR count). The minimum Gasteiger partial charge on any atom is -0.395 e. The van der Waals surface area contributed by atoms with Gasteiger partial charge < -0.3 is 9.84 Å². The zero-order valence-corrected chi connectivity index (χ0v) is 11.3. The van der Waals surface area contributed by atoms with Gasteiger partial charge in [0.1, 0.15) is 0 Å². The van der Waals surface area contributed by atoms with Gasteiger partial charge in [-0.25, -0.2) is 8.42 Å². The third kappa shape index (κ3) is 2.80. The number of aliphatic hydroxyl groups excluding tert-OH is 1. The Kier molecular flexibility index (Phi) is 4.33. The van der Waals surface area contributed by atoms with Crippen LogP contribution in [-0.2, 0) is 14.8 Å². The van der Waals surface area contributed by atoms with Gasteiger partial charge in [0.25, 0.3) is 5.69 Å². The van der Waals surface area contributed by atoms with E-state index in [2.05, 4.69) is 0 Å². The Morgan fingerprint density at radius 1 is 1.50 bits per heavy atom. The molecule has 1 fully saturated rings. The van der Waals surface area contributed by atoms with Gasteiger partial charge >= 0.3 is 0 Å². The normalized spacial score (nSPS) is 20.8. The minimum absolute atomic E-state index is 0.102. The van der Waals surface area contributed by atoms with E-state index in [1.807, 2.05) is 0 Å². The number of non-ortho nitro benzene ring substituents is 1. The van der Waals surface area contributed by atoms with Crippen LogP contribution in [0.15, 0.2) is 29.2 Å². The molecule has 0 bridgehead atoms. The molecule has 0 radical (unpaired) electrons. The van der Waals surface area contributed by atoms with Crippen LogP contribution >= 0.6 is 0 Å². The van der Waals surface area contributed by atoms with Crippen LogP contribution in [0.4, 0.5) is 5.69 Å². The van der Waals surface area contributed by atoms with Crippen molar-refractivity contribution in [1.29, 1.82) is 0 Å². The molecule has 1 unspecified atom stereocenters. The number of sulfonamides is 1. The summed E-state index contributed by atoms with van der Waals surface area (Å²) in [6, 6.07) is 4.18. The molecule has 20 heavy (non-hydrogen) atoms. The zero-order chi connectivity index (χ0) is 14.8. The molecule has 1 N–H and O–H groups in total. The largest absolute Gasteiger partial charge is 0.395 e. The van der Waals surface area contributed by atoms with E-state index in [-0.39, 0.29) is 36.9 Å². The number of nitro groups is 1. The Bertz CT molecular complexity index is 603. The van der Waals surface area contributed by atoms with Crippen molar-refractivity contribution in [2.45, 2.75) is 10.9 Å². The lowest BCUT2D eigenvalue weighted by Gasteiger charge is -2.33. The molecular formula is C11H14N2O6S. The molecule has 1 atom stereocenters. The lowest BCUT2D eigenvalue weighted by molar-refractivity contribution is -0.385. The first-order valence-electron chi connectivity index (χ1n) is 5.91. The number of hydrogen-bond acceptors (Lipinski definition) is 6. The maximum Gasteiger partial charge on any atom is 0.270 e. The molecule has 1 aromatic carbocycles. The van der Waals surface area contributed by atoms with Crippen LogP contribution in [-0.4, -0.2) is 55.2 Å². The molecule has 1 aromatic rings. The molecule has 1 saturated heterocycles. The van der Waals surface area contributed by atoms with Crippen LogP contribution in [0, 0.1) is 10.1 Å². The Morgan fingerprint density at radius 2 is 2.25 bits per heavy atom. The first-order valence-corrected chi connectivity index (χ1v) is 7.35. The van der Waals surface area contributed by atoms with E-state index < -0.39 is 21.0 Å². The number of hydrogen-bond donors (Lipinski definition) is 1. The van der Waals surface area contributed by atoms with Crippen molar-refractivity contribution in [3.05, 3.63) is 34.4 Å². The highest BCUT2D eigenvalue weighted by Crippen LogP contribution is 2.23. The molecule has 0 aromatic heterocycles. The smallest absolute Gasteiger partial charge is 0.270 e. The summed E-state index contributed by atoms with van der Waals surface area (Å²) in [5, 5.41) is 19.9. The molecule has 9 heteroatoms. The standard InChI is InChI=1S/C11H14N2O6S/c14-7-10-8-19-5-4-12(10)20(17,18)11-3-1-2-9(6-11)13(15)16/h1-3,6,10,14H,4-5,7-8H2. The van der Waals surface area contributed by atoms with E-state index in [1.165, 1.54) is 18.2 Å². The van der Waals surface area contributed by atoms with Crippen LogP contribution in [0.1, 0.15) is 0 Å². The van der Waals surface area contributed by atoms with Crippen molar-refractivity contribution >= 4 is 15.7 Å². The van der Waals surface area contributed by atoms with Crippen molar-refractivity contribution in [3.8, 4) is 0 Å². The SMILES string of the molecule is O=[N+]([O-])c1cccc(S(=O)(=O)N2CCOCC2CO)c1. The second-order valence-electron chi connectivity index (χ2n) is 4.28. The van der Waals surface area contributed by atoms with Gasteiger partial charge in [0.05, 0.1) is 35.7 Å². The van der Waals surface area contributed by atoms with Crippen LogP contribution in [0.5, 0.6) is 0 Å². The summed E-state index contributed by atoms with van der Waals surface area (Å²) in [5.41, 5.74) is -0.292. The fraction of sp³-hybridized carbons (Fsp3) is 0.455. The van der Waals surface area contributed by atoms with Crippen LogP contribution in [0.25, 0.3) is 0 Å². The molecule has 1 heterocycles. The van der Waals surface area contributed by atoms with Gasteiger partial charge in [-0.1, -0.05) is 6.07 Å². The van der Waals surface area contributed by atoms with Gasteiger partial charge in [0, 0.05) is 18.7 Å². The molecule has 0 aliphatic carbocycles.